The highest BCUT2D eigenvalue weighted by Crippen LogP contribution is 2.48. The van der Waals surface area contributed by atoms with Crippen LogP contribution in [0.4, 0.5) is 5.82 Å². The quantitative estimate of drug-likeness (QED) is 0.0606. The first-order valence-electron chi connectivity index (χ1n) is 19.3. The molecule has 2 unspecified atom stereocenters. The number of anilines is 1. The van der Waals surface area contributed by atoms with E-state index in [0.717, 1.165) is 33.6 Å². The molecule has 1 aromatic heterocycles. The van der Waals surface area contributed by atoms with Crippen LogP contribution in [0.2, 0.25) is 0 Å². The number of carbonyl (C=O) groups excluding carboxylic acids is 2. The summed E-state index contributed by atoms with van der Waals surface area (Å²) in [5, 5.41) is 19.3. The lowest BCUT2D eigenvalue weighted by Gasteiger charge is -2.36. The highest BCUT2D eigenvalue weighted by molar-refractivity contribution is 8.00. The van der Waals surface area contributed by atoms with Crippen LogP contribution in [0, 0.1) is 0 Å². The third-order valence-electron chi connectivity index (χ3n) is 9.90. The topological polar surface area (TPSA) is 120 Å². The summed E-state index contributed by atoms with van der Waals surface area (Å²) in [4.78, 5) is 44.4. The summed E-state index contributed by atoms with van der Waals surface area (Å²) in [6.07, 6.45) is 2.38. The maximum atomic E-state index is 14.3. The molecule has 9 heteroatoms. The lowest BCUT2D eigenvalue weighted by atomic mass is 9.84. The molecule has 0 saturated heterocycles. The van der Waals surface area contributed by atoms with Crippen LogP contribution in [0.3, 0.4) is 0 Å². The highest BCUT2D eigenvalue weighted by atomic mass is 32.2. The number of aromatic nitrogens is 1. The number of carbonyl (C=O) groups is 3. The molecule has 0 saturated carbocycles. The van der Waals surface area contributed by atoms with Gasteiger partial charge in [0.25, 0.3) is 0 Å². The molecule has 0 aliphatic rings. The molecule has 0 spiro atoms. The molecular weight excluding hydrogens is 729 g/mol. The molecule has 8 nitrogen and oxygen atoms in total. The largest absolute Gasteiger partial charge is 0.481 e. The van der Waals surface area contributed by atoms with Crippen molar-refractivity contribution in [2.45, 2.75) is 55.5 Å². The van der Waals surface area contributed by atoms with Gasteiger partial charge in [-0.1, -0.05) is 152 Å². The second-order valence-corrected chi connectivity index (χ2v) is 15.3. The Hall–Kier alpha value is -6.19. The molecule has 57 heavy (non-hydrogen) atoms. The van der Waals surface area contributed by atoms with Gasteiger partial charge in [0.05, 0.1) is 17.2 Å². The fourth-order valence-electron chi connectivity index (χ4n) is 6.99. The minimum absolute atomic E-state index is 0.0458. The Morgan fingerprint density at radius 3 is 1.70 bits per heavy atom. The smallest absolute Gasteiger partial charge is 0.305 e. The van der Waals surface area contributed by atoms with Crippen molar-refractivity contribution < 1.29 is 19.5 Å². The first-order chi connectivity index (χ1) is 27.8. The van der Waals surface area contributed by atoms with Crippen molar-refractivity contribution in [3.63, 3.8) is 0 Å². The summed E-state index contributed by atoms with van der Waals surface area (Å²) in [6.45, 7) is 1.98. The molecule has 1 heterocycles. The number of hydrogen-bond donors (Lipinski definition) is 4. The van der Waals surface area contributed by atoms with Gasteiger partial charge in [-0.05, 0) is 71.0 Å². The number of amides is 2. The molecule has 290 valence electrons. The number of aliphatic carboxylic acids is 1. The monoisotopic (exact) mass is 776 g/mol. The molecule has 2 amide bonds. The van der Waals surface area contributed by atoms with E-state index in [2.05, 4.69) is 57.3 Å². The van der Waals surface area contributed by atoms with Gasteiger partial charge in [0.15, 0.2) is 0 Å². The van der Waals surface area contributed by atoms with Crippen molar-refractivity contribution in [2.24, 2.45) is 0 Å². The van der Waals surface area contributed by atoms with Crippen molar-refractivity contribution >= 4 is 35.4 Å². The zero-order valence-corrected chi connectivity index (χ0v) is 32.8. The van der Waals surface area contributed by atoms with Gasteiger partial charge in [0, 0.05) is 18.7 Å². The van der Waals surface area contributed by atoms with E-state index in [-0.39, 0.29) is 24.8 Å². The molecular formula is C48H48N4O4S. The number of carboxylic acids is 1. The van der Waals surface area contributed by atoms with E-state index in [1.807, 2.05) is 134 Å². The highest BCUT2D eigenvalue weighted by Gasteiger charge is 2.37. The van der Waals surface area contributed by atoms with Crippen molar-refractivity contribution in [3.8, 4) is 11.1 Å². The predicted molar refractivity (Wildman–Crippen MR) is 230 cm³/mol. The number of thioether (sulfide) groups is 1. The fourth-order valence-corrected chi connectivity index (χ4v) is 8.56. The maximum Gasteiger partial charge on any atom is 0.305 e. The zero-order chi connectivity index (χ0) is 39.9. The number of nitrogens with zero attached hydrogens (tertiary/aromatic N) is 1. The summed E-state index contributed by atoms with van der Waals surface area (Å²) in [6, 6.07) is 52.2. The minimum atomic E-state index is -1.05. The predicted octanol–water partition coefficient (Wildman–Crippen LogP) is 9.26. The molecule has 0 bridgehead atoms. The standard InChI is InChI=1S/C48H48N4O4S/c1-35(50-44-24-14-15-32-49-44)25-30-45(53)51-42(47(56)52-43(34-46(54)55)38-28-26-37(27-29-38)36-16-6-2-7-17-36)31-33-57-48(39-18-8-3-9-19-39,40-20-10-4-11-21-40)41-22-12-5-13-23-41/h2-24,26-29,32,35,42-43H,25,30-31,33-34H2,1H3,(H,49,50)(H,51,53)(H,52,56)(H,54,55)/t35?,42-,43?/m0/s1. The van der Waals surface area contributed by atoms with Gasteiger partial charge in [-0.15, -0.1) is 11.8 Å². The van der Waals surface area contributed by atoms with Crippen LogP contribution in [0.25, 0.3) is 11.1 Å². The van der Waals surface area contributed by atoms with E-state index < -0.39 is 28.7 Å². The van der Waals surface area contributed by atoms with E-state index in [1.54, 1.807) is 18.0 Å². The van der Waals surface area contributed by atoms with E-state index in [1.165, 1.54) is 0 Å². The number of nitrogens with one attached hydrogen (secondary N) is 3. The SMILES string of the molecule is CC(CCC(=O)N[C@@H](CCSC(c1ccccc1)(c1ccccc1)c1ccccc1)C(=O)NC(CC(=O)O)c1ccc(-c2ccccc2)cc1)Nc1ccccn1. The van der Waals surface area contributed by atoms with E-state index in [4.69, 9.17) is 0 Å². The second-order valence-electron chi connectivity index (χ2n) is 14.0. The van der Waals surface area contributed by atoms with Crippen LogP contribution >= 0.6 is 11.8 Å². The lowest BCUT2D eigenvalue weighted by Crippen LogP contribution is -2.48. The molecule has 6 aromatic rings. The Balaban J connectivity index is 1.25. The van der Waals surface area contributed by atoms with Crippen LogP contribution in [-0.2, 0) is 19.1 Å². The van der Waals surface area contributed by atoms with Crippen LogP contribution in [0.15, 0.2) is 170 Å². The van der Waals surface area contributed by atoms with Gasteiger partial charge < -0.3 is 21.1 Å². The van der Waals surface area contributed by atoms with Gasteiger partial charge in [0.1, 0.15) is 11.9 Å². The number of hydrogen-bond acceptors (Lipinski definition) is 6. The van der Waals surface area contributed by atoms with Crippen LogP contribution in [0.1, 0.15) is 60.9 Å². The van der Waals surface area contributed by atoms with Gasteiger partial charge >= 0.3 is 5.97 Å². The molecule has 0 aliphatic carbocycles. The molecule has 5 aromatic carbocycles. The Kier molecular flexibility index (Phi) is 14.3. The van der Waals surface area contributed by atoms with Gasteiger partial charge in [-0.2, -0.15) is 0 Å². The van der Waals surface area contributed by atoms with Crippen molar-refractivity contribution in [2.75, 3.05) is 11.1 Å². The summed E-state index contributed by atoms with van der Waals surface area (Å²) >= 11 is 1.70. The molecule has 0 aliphatic heterocycles. The molecule has 4 N–H and O–H groups in total. The molecule has 3 atom stereocenters. The number of benzene rings is 5. The van der Waals surface area contributed by atoms with Crippen LogP contribution in [-0.4, -0.2) is 45.7 Å². The van der Waals surface area contributed by atoms with Crippen molar-refractivity contribution in [1.29, 1.82) is 0 Å². The molecule has 6 rings (SSSR count). The summed E-state index contributed by atoms with van der Waals surface area (Å²) in [5.74, 6) is -0.538. The van der Waals surface area contributed by atoms with Gasteiger partial charge in [-0.25, -0.2) is 4.98 Å². The zero-order valence-electron chi connectivity index (χ0n) is 32.0. The van der Waals surface area contributed by atoms with E-state index in [9.17, 15) is 19.5 Å². The number of carboxylic acid groups (broad SMARTS) is 1. The average molecular weight is 777 g/mol. The second kappa shape index (κ2) is 20.1. The fraction of sp³-hybridized carbons (Fsp3) is 0.208. The Morgan fingerprint density at radius 1 is 0.649 bits per heavy atom. The maximum absolute atomic E-state index is 14.3. The third-order valence-corrected chi connectivity index (χ3v) is 11.5. The Morgan fingerprint density at radius 2 is 1.18 bits per heavy atom. The van der Waals surface area contributed by atoms with E-state index in [0.29, 0.717) is 24.2 Å². The van der Waals surface area contributed by atoms with Gasteiger partial charge in [0.2, 0.25) is 11.8 Å². The first kappa shape index (κ1) is 40.5. The van der Waals surface area contributed by atoms with Crippen LogP contribution < -0.4 is 16.0 Å². The molecule has 0 radical (unpaired) electrons. The van der Waals surface area contributed by atoms with Crippen molar-refractivity contribution in [1.82, 2.24) is 15.6 Å². The summed E-state index contributed by atoms with van der Waals surface area (Å²) < 4.78 is -0.617. The number of pyridine rings is 1. The summed E-state index contributed by atoms with van der Waals surface area (Å²) in [7, 11) is 0. The first-order valence-corrected chi connectivity index (χ1v) is 20.3. The average Bonchev–Trinajstić information content (AvgIpc) is 3.25. The van der Waals surface area contributed by atoms with Crippen molar-refractivity contribution in [3.05, 3.63) is 192 Å². The number of rotatable bonds is 19. The lowest BCUT2D eigenvalue weighted by molar-refractivity contribution is -0.138. The summed E-state index contributed by atoms with van der Waals surface area (Å²) in [5.41, 5.74) is 5.94. The molecule has 0 fully saturated rings. The van der Waals surface area contributed by atoms with Gasteiger partial charge in [-0.3, -0.25) is 14.4 Å². The van der Waals surface area contributed by atoms with Crippen LogP contribution in [0.5, 0.6) is 0 Å². The Labute approximate surface area is 339 Å². The third kappa shape index (κ3) is 11.0. The normalized spacial score (nSPS) is 12.8. The van der Waals surface area contributed by atoms with E-state index >= 15 is 0 Å². The minimum Gasteiger partial charge on any atom is -0.481 e. The Bertz CT molecular complexity index is 2060.